The quantitative estimate of drug-likeness (QED) is 0.724. The topological polar surface area (TPSA) is 19.0 Å². The normalized spacial score (nSPS) is 16.7. The second-order valence-electron chi connectivity index (χ2n) is 7.08. The standard InChI is InChI=1S/C22H26N2/c1-2-6-18(7-3-1)16-19-10-13-24(14-11-19)15-12-20-17-23-22-9-5-4-8-21(20)22/h1-9,17,19,23H,10-16H2. The van der Waals surface area contributed by atoms with E-state index in [4.69, 9.17) is 0 Å². The summed E-state index contributed by atoms with van der Waals surface area (Å²) in [4.78, 5) is 6.03. The van der Waals surface area contributed by atoms with Crippen molar-refractivity contribution in [1.29, 1.82) is 0 Å². The van der Waals surface area contributed by atoms with E-state index >= 15 is 0 Å². The summed E-state index contributed by atoms with van der Waals surface area (Å²) in [6.45, 7) is 3.68. The minimum absolute atomic E-state index is 0.858. The van der Waals surface area contributed by atoms with E-state index in [0.717, 1.165) is 12.3 Å². The van der Waals surface area contributed by atoms with E-state index in [9.17, 15) is 0 Å². The summed E-state index contributed by atoms with van der Waals surface area (Å²) in [5.41, 5.74) is 4.21. The van der Waals surface area contributed by atoms with Crippen LogP contribution in [0.4, 0.5) is 0 Å². The molecule has 2 nitrogen and oxygen atoms in total. The Kier molecular flexibility index (Phi) is 4.66. The zero-order valence-corrected chi connectivity index (χ0v) is 14.2. The predicted octanol–water partition coefficient (Wildman–Crippen LogP) is 4.67. The zero-order valence-electron chi connectivity index (χ0n) is 14.2. The number of hydrogen-bond acceptors (Lipinski definition) is 1. The SMILES string of the molecule is c1ccc(CC2CCN(CCc3c[nH]c4ccccc34)CC2)cc1. The molecule has 0 radical (unpaired) electrons. The highest BCUT2D eigenvalue weighted by Crippen LogP contribution is 2.23. The van der Waals surface area contributed by atoms with Crippen molar-refractivity contribution in [3.05, 3.63) is 71.9 Å². The number of nitrogens with zero attached hydrogens (tertiary/aromatic N) is 1. The van der Waals surface area contributed by atoms with Gasteiger partial charge in [-0.2, -0.15) is 0 Å². The Hall–Kier alpha value is -2.06. The summed E-state index contributed by atoms with van der Waals surface area (Å²) >= 11 is 0. The molecule has 4 rings (SSSR count). The summed E-state index contributed by atoms with van der Waals surface area (Å²) in [6, 6.07) is 19.6. The summed E-state index contributed by atoms with van der Waals surface area (Å²) in [7, 11) is 0. The van der Waals surface area contributed by atoms with Crippen LogP contribution < -0.4 is 0 Å². The Labute approximate surface area is 144 Å². The number of rotatable bonds is 5. The minimum atomic E-state index is 0.858. The van der Waals surface area contributed by atoms with Gasteiger partial charge in [0, 0.05) is 23.6 Å². The average Bonchev–Trinajstić information content (AvgIpc) is 3.05. The van der Waals surface area contributed by atoms with Crippen LogP contribution in [0.1, 0.15) is 24.0 Å². The molecule has 1 aromatic heterocycles. The van der Waals surface area contributed by atoms with E-state index in [-0.39, 0.29) is 0 Å². The second-order valence-corrected chi connectivity index (χ2v) is 7.08. The molecule has 0 saturated carbocycles. The van der Waals surface area contributed by atoms with E-state index in [0.29, 0.717) is 0 Å². The Bertz CT molecular complexity index is 767. The molecule has 0 aliphatic carbocycles. The molecule has 0 atom stereocenters. The summed E-state index contributed by atoms with van der Waals surface area (Å²) in [5, 5.41) is 1.39. The fourth-order valence-corrected chi connectivity index (χ4v) is 3.98. The van der Waals surface area contributed by atoms with E-state index < -0.39 is 0 Å². The molecule has 1 aliphatic heterocycles. The van der Waals surface area contributed by atoms with E-state index in [1.807, 2.05) is 0 Å². The fourth-order valence-electron chi connectivity index (χ4n) is 3.98. The van der Waals surface area contributed by atoms with Crippen molar-refractivity contribution in [3.8, 4) is 0 Å². The van der Waals surface area contributed by atoms with Crippen LogP contribution in [0.5, 0.6) is 0 Å². The van der Waals surface area contributed by atoms with Crippen LogP contribution in [-0.2, 0) is 12.8 Å². The maximum atomic E-state index is 3.39. The number of aromatic amines is 1. The minimum Gasteiger partial charge on any atom is -0.361 e. The first-order chi connectivity index (χ1) is 11.9. The number of H-pyrrole nitrogens is 1. The van der Waals surface area contributed by atoms with E-state index in [1.165, 1.54) is 60.9 Å². The lowest BCUT2D eigenvalue weighted by Gasteiger charge is -2.32. The van der Waals surface area contributed by atoms with Crippen molar-refractivity contribution in [2.24, 2.45) is 5.92 Å². The van der Waals surface area contributed by atoms with Gasteiger partial charge in [0.1, 0.15) is 0 Å². The lowest BCUT2D eigenvalue weighted by Crippen LogP contribution is -2.35. The first kappa shape index (κ1) is 15.5. The van der Waals surface area contributed by atoms with Gasteiger partial charge in [0.25, 0.3) is 0 Å². The van der Waals surface area contributed by atoms with Gasteiger partial charge in [-0.1, -0.05) is 48.5 Å². The van der Waals surface area contributed by atoms with Gasteiger partial charge in [-0.05, 0) is 61.9 Å². The molecule has 0 amide bonds. The van der Waals surface area contributed by atoms with Crippen molar-refractivity contribution >= 4 is 10.9 Å². The van der Waals surface area contributed by atoms with Crippen LogP contribution in [0, 0.1) is 5.92 Å². The second kappa shape index (κ2) is 7.23. The molecule has 1 aliphatic rings. The fraction of sp³-hybridized carbons (Fsp3) is 0.364. The van der Waals surface area contributed by atoms with Gasteiger partial charge in [0.15, 0.2) is 0 Å². The highest BCUT2D eigenvalue weighted by molar-refractivity contribution is 5.83. The largest absolute Gasteiger partial charge is 0.361 e. The molecule has 2 aromatic carbocycles. The Morgan fingerprint density at radius 1 is 0.917 bits per heavy atom. The maximum Gasteiger partial charge on any atom is 0.0456 e. The number of benzene rings is 2. The van der Waals surface area contributed by atoms with Crippen LogP contribution in [0.15, 0.2) is 60.8 Å². The summed E-state index contributed by atoms with van der Waals surface area (Å²) < 4.78 is 0. The molecular formula is C22H26N2. The van der Waals surface area contributed by atoms with Gasteiger partial charge >= 0.3 is 0 Å². The van der Waals surface area contributed by atoms with Gasteiger partial charge in [0.05, 0.1) is 0 Å². The molecule has 1 fully saturated rings. The van der Waals surface area contributed by atoms with E-state index in [1.54, 1.807) is 0 Å². The highest BCUT2D eigenvalue weighted by Gasteiger charge is 2.19. The van der Waals surface area contributed by atoms with Gasteiger partial charge in [-0.15, -0.1) is 0 Å². The number of hydrogen-bond donors (Lipinski definition) is 1. The third-order valence-electron chi connectivity index (χ3n) is 5.45. The molecule has 2 heteroatoms. The first-order valence-corrected chi connectivity index (χ1v) is 9.20. The molecule has 2 heterocycles. The maximum absolute atomic E-state index is 3.39. The van der Waals surface area contributed by atoms with Crippen molar-refractivity contribution in [3.63, 3.8) is 0 Å². The number of likely N-dealkylation sites (tertiary alicyclic amines) is 1. The molecule has 24 heavy (non-hydrogen) atoms. The number of para-hydroxylation sites is 1. The van der Waals surface area contributed by atoms with Gasteiger partial charge in [0.2, 0.25) is 0 Å². The van der Waals surface area contributed by atoms with Crippen LogP contribution in [0.3, 0.4) is 0 Å². The molecule has 1 N–H and O–H groups in total. The Balaban J connectivity index is 1.27. The van der Waals surface area contributed by atoms with Gasteiger partial charge < -0.3 is 9.88 Å². The number of piperidine rings is 1. The molecule has 124 valence electrons. The van der Waals surface area contributed by atoms with Gasteiger partial charge in [-0.3, -0.25) is 0 Å². The summed E-state index contributed by atoms with van der Waals surface area (Å²) in [6.07, 6.45) is 7.25. The number of aromatic nitrogens is 1. The summed E-state index contributed by atoms with van der Waals surface area (Å²) in [5.74, 6) is 0.858. The van der Waals surface area contributed by atoms with Crippen molar-refractivity contribution in [2.75, 3.05) is 19.6 Å². The lowest BCUT2D eigenvalue weighted by atomic mass is 9.90. The monoisotopic (exact) mass is 318 g/mol. The van der Waals surface area contributed by atoms with Gasteiger partial charge in [-0.25, -0.2) is 0 Å². The van der Waals surface area contributed by atoms with Crippen LogP contribution in [0.25, 0.3) is 10.9 Å². The molecule has 0 unspecified atom stereocenters. The highest BCUT2D eigenvalue weighted by atomic mass is 15.1. The Morgan fingerprint density at radius 2 is 1.67 bits per heavy atom. The predicted molar refractivity (Wildman–Crippen MR) is 101 cm³/mol. The van der Waals surface area contributed by atoms with Crippen LogP contribution in [-0.4, -0.2) is 29.5 Å². The van der Waals surface area contributed by atoms with Crippen molar-refractivity contribution in [1.82, 2.24) is 9.88 Å². The van der Waals surface area contributed by atoms with Crippen LogP contribution in [0.2, 0.25) is 0 Å². The molecule has 3 aromatic rings. The first-order valence-electron chi connectivity index (χ1n) is 9.20. The zero-order chi connectivity index (χ0) is 16.2. The molecular weight excluding hydrogens is 292 g/mol. The smallest absolute Gasteiger partial charge is 0.0456 e. The Morgan fingerprint density at radius 3 is 2.50 bits per heavy atom. The molecule has 1 saturated heterocycles. The lowest BCUT2D eigenvalue weighted by molar-refractivity contribution is 0.186. The third-order valence-corrected chi connectivity index (χ3v) is 5.45. The molecule has 0 bridgehead atoms. The number of nitrogens with one attached hydrogen (secondary N) is 1. The number of fused-ring (bicyclic) bond motifs is 1. The third kappa shape index (κ3) is 3.54. The van der Waals surface area contributed by atoms with Crippen molar-refractivity contribution in [2.45, 2.75) is 25.7 Å². The average molecular weight is 318 g/mol. The van der Waals surface area contributed by atoms with E-state index in [2.05, 4.69) is 70.7 Å². The van der Waals surface area contributed by atoms with Crippen molar-refractivity contribution < 1.29 is 0 Å². The molecule has 0 spiro atoms. The van der Waals surface area contributed by atoms with Crippen LogP contribution >= 0.6 is 0 Å².